The highest BCUT2D eigenvalue weighted by atomic mass is 79.9. The summed E-state index contributed by atoms with van der Waals surface area (Å²) in [6.45, 7) is 0.0509. The summed E-state index contributed by atoms with van der Waals surface area (Å²) in [5.74, 6) is 0.937. The molecule has 0 fully saturated rings. The Bertz CT molecular complexity index is 1190. The summed E-state index contributed by atoms with van der Waals surface area (Å²) in [5, 5.41) is 4.33. The molecule has 3 aromatic rings. The molecular formula is C20H20BrN3O5S. The van der Waals surface area contributed by atoms with E-state index >= 15 is 0 Å². The van der Waals surface area contributed by atoms with Gasteiger partial charge in [-0.05, 0) is 48.5 Å². The van der Waals surface area contributed by atoms with Gasteiger partial charge < -0.3 is 9.47 Å². The predicted molar refractivity (Wildman–Crippen MR) is 116 cm³/mol. The van der Waals surface area contributed by atoms with E-state index in [0.29, 0.717) is 15.9 Å². The molecule has 1 aromatic heterocycles. The van der Waals surface area contributed by atoms with Crippen molar-refractivity contribution in [1.82, 2.24) is 14.5 Å². The zero-order chi connectivity index (χ0) is 21.7. The smallest absolute Gasteiger partial charge is 0.266 e. The maximum absolute atomic E-state index is 12.7. The van der Waals surface area contributed by atoms with Crippen molar-refractivity contribution in [3.63, 3.8) is 0 Å². The van der Waals surface area contributed by atoms with E-state index in [0.717, 1.165) is 5.56 Å². The van der Waals surface area contributed by atoms with Crippen LogP contribution in [0.5, 0.6) is 11.5 Å². The van der Waals surface area contributed by atoms with Crippen molar-refractivity contribution in [2.45, 2.75) is 11.4 Å². The van der Waals surface area contributed by atoms with Crippen molar-refractivity contribution >= 4 is 26.0 Å². The number of hydrogen-bond donors (Lipinski definition) is 1. The van der Waals surface area contributed by atoms with Crippen LogP contribution >= 0.6 is 15.9 Å². The van der Waals surface area contributed by atoms with E-state index in [-0.39, 0.29) is 29.3 Å². The zero-order valence-corrected chi connectivity index (χ0v) is 18.7. The molecule has 158 valence electrons. The molecule has 0 saturated heterocycles. The largest absolute Gasteiger partial charge is 0.497 e. The van der Waals surface area contributed by atoms with Crippen molar-refractivity contribution in [1.29, 1.82) is 0 Å². The van der Waals surface area contributed by atoms with Gasteiger partial charge in [-0.2, -0.15) is 5.10 Å². The summed E-state index contributed by atoms with van der Waals surface area (Å²) in [6.07, 6.45) is 0. The summed E-state index contributed by atoms with van der Waals surface area (Å²) in [4.78, 5) is 12.2. The summed E-state index contributed by atoms with van der Waals surface area (Å²) in [6, 6.07) is 15.0. The zero-order valence-electron chi connectivity index (χ0n) is 16.3. The molecule has 0 bridgehead atoms. The topological polar surface area (TPSA) is 99.5 Å². The fraction of sp³-hybridized carbons (Fsp3) is 0.200. The van der Waals surface area contributed by atoms with Crippen LogP contribution in [0, 0.1) is 0 Å². The van der Waals surface area contributed by atoms with Crippen LogP contribution < -0.4 is 19.8 Å². The molecule has 0 radical (unpaired) electrons. The quantitative estimate of drug-likeness (QED) is 0.517. The summed E-state index contributed by atoms with van der Waals surface area (Å²) in [5.41, 5.74) is 1.07. The predicted octanol–water partition coefficient (Wildman–Crippen LogP) is 2.67. The number of hydrogen-bond acceptors (Lipinski definition) is 6. The van der Waals surface area contributed by atoms with Crippen molar-refractivity contribution in [3.8, 4) is 22.8 Å². The Morgan fingerprint density at radius 3 is 2.43 bits per heavy atom. The third kappa shape index (κ3) is 5.07. The Kier molecular flexibility index (Phi) is 6.91. The third-order valence-electron chi connectivity index (χ3n) is 4.28. The minimum atomic E-state index is -3.84. The Labute approximate surface area is 182 Å². The fourth-order valence-corrected chi connectivity index (χ4v) is 4.48. The second-order valence-corrected chi connectivity index (χ2v) is 8.85. The SMILES string of the molecule is COc1ccc(-c2ccc(=O)n(CCNS(=O)(=O)c3cc(Br)ccc3OC)n2)cc1. The van der Waals surface area contributed by atoms with E-state index in [1.807, 2.05) is 12.1 Å². The molecule has 0 atom stereocenters. The number of sulfonamides is 1. The molecule has 0 unspecified atom stereocenters. The number of halogens is 1. The van der Waals surface area contributed by atoms with Crippen molar-refractivity contribution in [2.24, 2.45) is 0 Å². The molecule has 0 aliphatic carbocycles. The number of nitrogens with one attached hydrogen (secondary N) is 1. The Balaban J connectivity index is 1.76. The molecule has 30 heavy (non-hydrogen) atoms. The lowest BCUT2D eigenvalue weighted by atomic mass is 10.1. The highest BCUT2D eigenvalue weighted by molar-refractivity contribution is 9.10. The Hall–Kier alpha value is -2.69. The highest BCUT2D eigenvalue weighted by Crippen LogP contribution is 2.27. The Morgan fingerprint density at radius 2 is 1.77 bits per heavy atom. The lowest BCUT2D eigenvalue weighted by Gasteiger charge is -2.12. The van der Waals surface area contributed by atoms with Gasteiger partial charge in [-0.25, -0.2) is 17.8 Å². The lowest BCUT2D eigenvalue weighted by Crippen LogP contribution is -2.32. The van der Waals surface area contributed by atoms with Crippen LogP contribution in [-0.2, 0) is 16.6 Å². The van der Waals surface area contributed by atoms with Crippen molar-refractivity contribution in [3.05, 3.63) is 69.4 Å². The van der Waals surface area contributed by atoms with Gasteiger partial charge in [-0.15, -0.1) is 0 Å². The lowest BCUT2D eigenvalue weighted by molar-refractivity contribution is 0.402. The summed E-state index contributed by atoms with van der Waals surface area (Å²) in [7, 11) is -0.860. The average Bonchev–Trinajstić information content (AvgIpc) is 2.75. The number of aromatic nitrogens is 2. The molecule has 3 rings (SSSR count). The van der Waals surface area contributed by atoms with E-state index < -0.39 is 10.0 Å². The van der Waals surface area contributed by atoms with Gasteiger partial charge in [-0.1, -0.05) is 15.9 Å². The van der Waals surface area contributed by atoms with Crippen LogP contribution in [0.4, 0.5) is 0 Å². The van der Waals surface area contributed by atoms with Gasteiger partial charge >= 0.3 is 0 Å². The van der Waals surface area contributed by atoms with Gasteiger partial charge in [-0.3, -0.25) is 4.79 Å². The van der Waals surface area contributed by atoms with Gasteiger partial charge in [0.05, 0.1) is 26.5 Å². The first-order valence-electron chi connectivity index (χ1n) is 8.90. The summed E-state index contributed by atoms with van der Waals surface area (Å²) < 4.78 is 39.9. The van der Waals surface area contributed by atoms with Gasteiger partial charge in [0, 0.05) is 22.6 Å². The first-order chi connectivity index (χ1) is 14.3. The van der Waals surface area contributed by atoms with E-state index in [1.54, 1.807) is 37.4 Å². The van der Waals surface area contributed by atoms with Gasteiger partial charge in [0.1, 0.15) is 16.4 Å². The van der Waals surface area contributed by atoms with Gasteiger partial charge in [0.2, 0.25) is 10.0 Å². The van der Waals surface area contributed by atoms with Crippen LogP contribution in [0.2, 0.25) is 0 Å². The normalized spacial score (nSPS) is 11.3. The first-order valence-corrected chi connectivity index (χ1v) is 11.2. The van der Waals surface area contributed by atoms with Crippen molar-refractivity contribution < 1.29 is 17.9 Å². The minimum Gasteiger partial charge on any atom is -0.497 e. The number of benzene rings is 2. The van der Waals surface area contributed by atoms with E-state index in [9.17, 15) is 13.2 Å². The van der Waals surface area contributed by atoms with Crippen LogP contribution in [0.1, 0.15) is 0 Å². The molecule has 0 aliphatic heterocycles. The highest BCUT2D eigenvalue weighted by Gasteiger charge is 2.19. The molecule has 0 spiro atoms. The molecule has 2 aromatic carbocycles. The molecule has 0 saturated carbocycles. The van der Waals surface area contributed by atoms with E-state index in [1.165, 1.54) is 23.9 Å². The van der Waals surface area contributed by atoms with Gasteiger partial charge in [0.25, 0.3) is 5.56 Å². The van der Waals surface area contributed by atoms with E-state index in [4.69, 9.17) is 9.47 Å². The molecule has 1 heterocycles. The fourth-order valence-electron chi connectivity index (χ4n) is 2.75. The average molecular weight is 494 g/mol. The molecular weight excluding hydrogens is 474 g/mol. The van der Waals surface area contributed by atoms with Crippen molar-refractivity contribution in [2.75, 3.05) is 20.8 Å². The van der Waals surface area contributed by atoms with Crippen LogP contribution in [0.15, 0.2) is 68.8 Å². The third-order valence-corrected chi connectivity index (χ3v) is 6.26. The molecule has 0 aliphatic rings. The van der Waals surface area contributed by atoms with Crippen LogP contribution in [0.25, 0.3) is 11.3 Å². The number of rotatable bonds is 8. The molecule has 10 heteroatoms. The number of ether oxygens (including phenoxy) is 2. The first kappa shape index (κ1) is 22.0. The molecule has 1 N–H and O–H groups in total. The van der Waals surface area contributed by atoms with Gasteiger partial charge in [0.15, 0.2) is 0 Å². The Morgan fingerprint density at radius 1 is 1.03 bits per heavy atom. The number of nitrogens with zero attached hydrogens (tertiary/aromatic N) is 2. The number of methoxy groups -OCH3 is 2. The molecule has 0 amide bonds. The molecule has 8 nitrogen and oxygen atoms in total. The van der Waals surface area contributed by atoms with Crippen LogP contribution in [0.3, 0.4) is 0 Å². The summed E-state index contributed by atoms with van der Waals surface area (Å²) >= 11 is 3.26. The van der Waals surface area contributed by atoms with E-state index in [2.05, 4.69) is 25.8 Å². The minimum absolute atomic E-state index is 0.00617. The van der Waals surface area contributed by atoms with Crippen LogP contribution in [-0.4, -0.2) is 39.0 Å². The monoisotopic (exact) mass is 493 g/mol. The standard InChI is InChI=1S/C20H20BrN3O5S/c1-28-16-6-3-14(4-7-16)17-8-10-20(25)24(23-17)12-11-22-30(26,27)19-13-15(21)5-9-18(19)29-2/h3-10,13,22H,11-12H2,1-2H3. The maximum atomic E-state index is 12.7. The second-order valence-electron chi connectivity index (χ2n) is 6.20. The second kappa shape index (κ2) is 9.41. The maximum Gasteiger partial charge on any atom is 0.266 e.